The molecule has 0 aromatic carbocycles. The van der Waals surface area contributed by atoms with E-state index in [2.05, 4.69) is 29.0 Å². The molecule has 0 aliphatic carbocycles. The van der Waals surface area contributed by atoms with Crippen LogP contribution in [0.15, 0.2) is 52.6 Å². The Kier molecular flexibility index (Phi) is 8.78. The van der Waals surface area contributed by atoms with Crippen molar-refractivity contribution < 1.29 is 14.7 Å². The topological polar surface area (TPSA) is 135 Å². The molecule has 4 N–H and O–H groups in total. The summed E-state index contributed by atoms with van der Waals surface area (Å²) in [5.41, 5.74) is 8.77. The van der Waals surface area contributed by atoms with Gasteiger partial charge in [-0.15, -0.1) is 21.5 Å². The molecule has 2 atom stereocenters. The first kappa shape index (κ1) is 27.3. The van der Waals surface area contributed by atoms with Crippen LogP contribution in [-0.4, -0.2) is 50.0 Å². The fourth-order valence-corrected chi connectivity index (χ4v) is 4.90. The largest absolute Gasteiger partial charge is 0.480 e. The zero-order valence-electron chi connectivity index (χ0n) is 20.6. The van der Waals surface area contributed by atoms with Gasteiger partial charge in [-0.2, -0.15) is 0 Å². The molecule has 1 unspecified atom stereocenters. The molecule has 2 aromatic rings. The molecule has 1 amide bonds. The van der Waals surface area contributed by atoms with E-state index in [1.54, 1.807) is 23.5 Å². The third-order valence-corrected chi connectivity index (χ3v) is 7.22. The second-order valence-electron chi connectivity index (χ2n) is 8.23. The minimum absolute atomic E-state index is 0.0139. The van der Waals surface area contributed by atoms with Gasteiger partial charge in [0.15, 0.2) is 5.82 Å². The molecule has 1 aliphatic heterocycles. The molecule has 1 aliphatic rings. The number of aliphatic imine (C=N–C) groups is 1. The Balaban J connectivity index is 1.98. The van der Waals surface area contributed by atoms with E-state index in [9.17, 15) is 9.59 Å². The lowest BCUT2D eigenvalue weighted by atomic mass is 10.00. The van der Waals surface area contributed by atoms with E-state index in [-0.39, 0.29) is 18.9 Å². The van der Waals surface area contributed by atoms with Gasteiger partial charge in [-0.3, -0.25) is 19.1 Å². The molecular formula is C25H29ClN6O3S. The number of nitrogens with two attached hydrogens (primary N) is 1. The van der Waals surface area contributed by atoms with E-state index in [0.717, 1.165) is 21.0 Å². The minimum Gasteiger partial charge on any atom is -0.480 e. The van der Waals surface area contributed by atoms with Crippen molar-refractivity contribution in [2.24, 2.45) is 10.7 Å². The Morgan fingerprint density at radius 2 is 2.03 bits per heavy atom. The monoisotopic (exact) mass is 528 g/mol. The summed E-state index contributed by atoms with van der Waals surface area (Å²) in [5, 5.41) is 21.7. The lowest BCUT2D eigenvalue weighted by molar-refractivity contribution is -0.137. The molecule has 0 saturated heterocycles. The van der Waals surface area contributed by atoms with Crippen LogP contribution in [0.4, 0.5) is 0 Å². The normalized spacial score (nSPS) is 16.4. The number of aliphatic carboxylic acids is 1. The predicted octanol–water partition coefficient (Wildman–Crippen LogP) is 3.83. The van der Waals surface area contributed by atoms with E-state index < -0.39 is 18.1 Å². The summed E-state index contributed by atoms with van der Waals surface area (Å²) in [6.45, 7) is 12.2. The smallest absolute Gasteiger partial charge is 0.324 e. The first-order valence-corrected chi connectivity index (χ1v) is 12.5. The van der Waals surface area contributed by atoms with Crippen LogP contribution >= 0.6 is 22.9 Å². The highest BCUT2D eigenvalue weighted by Gasteiger charge is 2.32. The summed E-state index contributed by atoms with van der Waals surface area (Å²) in [6.07, 6.45) is 8.19. The van der Waals surface area contributed by atoms with Gasteiger partial charge in [0.05, 0.1) is 12.1 Å². The Hall–Kier alpha value is -3.34. The molecule has 0 radical (unpaired) electrons. The fourth-order valence-electron chi connectivity index (χ4n) is 3.62. The van der Waals surface area contributed by atoms with Crippen LogP contribution in [0.5, 0.6) is 0 Å². The standard InChI is InChI=1S/C25H29ClN6O3S/c1-6-17(26)10-9-13(2)22-21-14(3)15(4)36-24(21)32-16(5)30-31-23(32)19(29-22)12-20(33)28-11-7-8-18(27)25(34)35/h6-10,18-19H,2,11-12,27H2,1,3-5H3,(H,28,33)(H,34,35)/b8-7+,10-9-,17-6+/t18?,19-/m0/s1. The number of aryl methyl sites for hydroxylation is 2. The number of nitrogens with zero attached hydrogens (tertiary/aromatic N) is 4. The quantitative estimate of drug-likeness (QED) is 0.334. The van der Waals surface area contributed by atoms with Crippen molar-refractivity contribution in [2.45, 2.75) is 46.2 Å². The number of halogens is 1. The number of carboxylic acid groups (broad SMARTS) is 1. The van der Waals surface area contributed by atoms with Crippen molar-refractivity contribution in [2.75, 3.05) is 6.54 Å². The van der Waals surface area contributed by atoms with Crippen LogP contribution < -0.4 is 11.1 Å². The molecule has 11 heteroatoms. The average molecular weight is 529 g/mol. The highest BCUT2D eigenvalue weighted by atomic mass is 35.5. The average Bonchev–Trinajstić information content (AvgIpc) is 3.31. The number of rotatable bonds is 9. The number of nitrogens with one attached hydrogen (secondary N) is 1. The number of amides is 1. The van der Waals surface area contributed by atoms with Gasteiger partial charge >= 0.3 is 5.97 Å². The van der Waals surface area contributed by atoms with Crippen molar-refractivity contribution in [3.05, 3.63) is 75.2 Å². The Labute approximate surface area is 218 Å². The lowest BCUT2D eigenvalue weighted by Crippen LogP contribution is -2.29. The molecule has 0 bridgehead atoms. The van der Waals surface area contributed by atoms with Crippen LogP contribution in [0.3, 0.4) is 0 Å². The van der Waals surface area contributed by atoms with Gasteiger partial charge < -0.3 is 16.2 Å². The summed E-state index contributed by atoms with van der Waals surface area (Å²) >= 11 is 7.78. The van der Waals surface area contributed by atoms with Gasteiger partial charge in [0.1, 0.15) is 22.9 Å². The number of thiophene rings is 1. The number of hydrogen-bond acceptors (Lipinski definition) is 7. The number of carbonyl (C=O) groups is 2. The van der Waals surface area contributed by atoms with E-state index in [1.165, 1.54) is 12.2 Å². The maximum absolute atomic E-state index is 12.8. The fraction of sp³-hybridized carbons (Fsp3) is 0.320. The number of fused-ring (bicyclic) bond motifs is 3. The maximum atomic E-state index is 12.8. The molecular weight excluding hydrogens is 500 g/mol. The summed E-state index contributed by atoms with van der Waals surface area (Å²) < 4.78 is 1.95. The second-order valence-corrected chi connectivity index (χ2v) is 9.87. The van der Waals surface area contributed by atoms with E-state index in [1.807, 2.05) is 31.4 Å². The van der Waals surface area contributed by atoms with E-state index in [0.29, 0.717) is 28.0 Å². The van der Waals surface area contributed by atoms with Gasteiger partial charge in [-0.1, -0.05) is 42.5 Å². The van der Waals surface area contributed by atoms with Gasteiger partial charge in [0.2, 0.25) is 5.91 Å². The number of hydrogen-bond donors (Lipinski definition) is 3. The first-order chi connectivity index (χ1) is 17.0. The van der Waals surface area contributed by atoms with Crippen molar-refractivity contribution in [1.82, 2.24) is 20.1 Å². The van der Waals surface area contributed by atoms with Gasteiger partial charge in [0.25, 0.3) is 0 Å². The van der Waals surface area contributed by atoms with Crippen LogP contribution in [0.2, 0.25) is 0 Å². The van der Waals surface area contributed by atoms with Crippen LogP contribution in [0.1, 0.15) is 47.0 Å². The van der Waals surface area contributed by atoms with E-state index in [4.69, 9.17) is 27.4 Å². The van der Waals surface area contributed by atoms with Gasteiger partial charge in [-0.05, 0) is 44.9 Å². The zero-order chi connectivity index (χ0) is 26.6. The molecule has 3 rings (SSSR count). The Bertz CT molecular complexity index is 1320. The number of allylic oxidation sites excluding steroid dienone is 5. The summed E-state index contributed by atoms with van der Waals surface area (Å²) in [4.78, 5) is 29.7. The minimum atomic E-state index is -1.14. The highest BCUT2D eigenvalue weighted by Crippen LogP contribution is 2.39. The molecule has 9 nitrogen and oxygen atoms in total. The SMILES string of the molecule is C=C(/C=C\C(Cl)=C/C)C1=N[C@@H](CC(=O)NC/C=C/C(N)C(=O)O)c2nnc(C)n2-c2sc(C)c(C)c21. The Morgan fingerprint density at radius 1 is 1.31 bits per heavy atom. The zero-order valence-corrected chi connectivity index (χ0v) is 22.2. The number of carboxylic acids is 1. The van der Waals surface area contributed by atoms with Gasteiger partial charge in [0, 0.05) is 22.0 Å². The van der Waals surface area contributed by atoms with Gasteiger partial charge in [-0.25, -0.2) is 0 Å². The third kappa shape index (κ3) is 5.89. The summed E-state index contributed by atoms with van der Waals surface area (Å²) in [7, 11) is 0. The molecule has 2 aromatic heterocycles. The maximum Gasteiger partial charge on any atom is 0.324 e. The summed E-state index contributed by atoms with van der Waals surface area (Å²) in [6, 6.07) is -1.74. The van der Waals surface area contributed by atoms with Crippen LogP contribution in [0.25, 0.3) is 5.00 Å². The van der Waals surface area contributed by atoms with Crippen molar-refractivity contribution in [3.8, 4) is 5.00 Å². The first-order valence-electron chi connectivity index (χ1n) is 11.3. The molecule has 36 heavy (non-hydrogen) atoms. The molecule has 3 heterocycles. The number of carbonyl (C=O) groups excluding carboxylic acids is 1. The number of aromatic nitrogens is 3. The lowest BCUT2D eigenvalue weighted by Gasteiger charge is -2.12. The molecule has 0 spiro atoms. The second kappa shape index (κ2) is 11.6. The Morgan fingerprint density at radius 3 is 2.69 bits per heavy atom. The molecule has 0 saturated carbocycles. The van der Waals surface area contributed by atoms with Crippen LogP contribution in [0, 0.1) is 20.8 Å². The molecule has 0 fully saturated rings. The summed E-state index contributed by atoms with van der Waals surface area (Å²) in [5.74, 6) is -0.166. The van der Waals surface area contributed by atoms with Crippen LogP contribution in [-0.2, 0) is 9.59 Å². The van der Waals surface area contributed by atoms with E-state index >= 15 is 0 Å². The molecule has 190 valence electrons. The van der Waals surface area contributed by atoms with Crippen molar-refractivity contribution >= 4 is 40.5 Å². The van der Waals surface area contributed by atoms with Crippen molar-refractivity contribution in [3.63, 3.8) is 0 Å². The highest BCUT2D eigenvalue weighted by molar-refractivity contribution is 7.15. The third-order valence-electron chi connectivity index (χ3n) is 5.69. The predicted molar refractivity (Wildman–Crippen MR) is 143 cm³/mol. The van der Waals surface area contributed by atoms with Crippen molar-refractivity contribution in [1.29, 1.82) is 0 Å².